The summed E-state index contributed by atoms with van der Waals surface area (Å²) in [4.78, 5) is 0. The van der Waals surface area contributed by atoms with E-state index in [-0.39, 0.29) is 0 Å². The topological polar surface area (TPSA) is 29.9 Å². The Hall–Kier alpha value is -0.480. The monoisotopic (exact) mass is 241 g/mol. The van der Waals surface area contributed by atoms with Gasteiger partial charge in [-0.2, -0.15) is 16.9 Å². The van der Waals surface area contributed by atoms with Crippen LogP contribution in [0.15, 0.2) is 6.20 Å². The number of hydrogen-bond donors (Lipinski definition) is 1. The minimum atomic E-state index is 0.527. The molecule has 92 valence electrons. The van der Waals surface area contributed by atoms with Gasteiger partial charge in [-0.3, -0.25) is 4.68 Å². The van der Waals surface area contributed by atoms with Gasteiger partial charge in [0.15, 0.2) is 0 Å². The number of nitrogens with zero attached hydrogens (tertiary/aromatic N) is 2. The van der Waals surface area contributed by atoms with Gasteiger partial charge in [-0.25, -0.2) is 0 Å². The summed E-state index contributed by atoms with van der Waals surface area (Å²) in [6.07, 6.45) is 5.51. The van der Waals surface area contributed by atoms with Crippen LogP contribution in [0.1, 0.15) is 31.5 Å². The number of aryl methyl sites for hydroxylation is 2. The Balaban J connectivity index is 2.46. The molecule has 0 atom stereocenters. The van der Waals surface area contributed by atoms with Gasteiger partial charge in [-0.15, -0.1) is 0 Å². The Labute approximate surface area is 103 Å². The molecule has 1 N–H and O–H groups in total. The second-order valence-electron chi connectivity index (χ2n) is 4.38. The fourth-order valence-electron chi connectivity index (χ4n) is 1.53. The van der Waals surface area contributed by atoms with Crippen molar-refractivity contribution in [2.75, 3.05) is 12.0 Å². The fourth-order valence-corrected chi connectivity index (χ4v) is 1.95. The molecule has 0 aliphatic rings. The molecule has 0 aliphatic heterocycles. The Morgan fingerprint density at radius 1 is 1.50 bits per heavy atom. The lowest BCUT2D eigenvalue weighted by atomic mass is 10.2. The summed E-state index contributed by atoms with van der Waals surface area (Å²) in [6, 6.07) is 0.527. The van der Waals surface area contributed by atoms with Crippen LogP contribution in [-0.4, -0.2) is 27.8 Å². The molecule has 0 aromatic carbocycles. The van der Waals surface area contributed by atoms with Crippen molar-refractivity contribution in [3.63, 3.8) is 0 Å². The molecular formula is C12H23N3S. The maximum atomic E-state index is 4.53. The van der Waals surface area contributed by atoms with Gasteiger partial charge < -0.3 is 5.32 Å². The number of thioether (sulfide) groups is 1. The highest BCUT2D eigenvalue weighted by Crippen LogP contribution is 2.07. The van der Waals surface area contributed by atoms with Crippen LogP contribution in [0.2, 0.25) is 0 Å². The van der Waals surface area contributed by atoms with E-state index in [4.69, 9.17) is 0 Å². The third-order valence-corrected chi connectivity index (χ3v) is 3.18. The molecule has 0 saturated heterocycles. The predicted octanol–water partition coefficient (Wildman–Crippen LogP) is 2.44. The molecule has 0 aliphatic carbocycles. The maximum absolute atomic E-state index is 4.53. The van der Waals surface area contributed by atoms with E-state index in [1.165, 1.54) is 17.7 Å². The molecule has 1 aromatic rings. The van der Waals surface area contributed by atoms with Crippen LogP contribution in [0, 0.1) is 6.92 Å². The molecular weight excluding hydrogens is 218 g/mol. The summed E-state index contributed by atoms with van der Waals surface area (Å²) in [7, 11) is 0. The summed E-state index contributed by atoms with van der Waals surface area (Å²) >= 11 is 1.89. The van der Waals surface area contributed by atoms with E-state index in [2.05, 4.69) is 48.3 Å². The number of nitrogens with one attached hydrogen (secondary N) is 1. The minimum absolute atomic E-state index is 0.527. The molecule has 1 rings (SSSR count). The molecule has 0 spiro atoms. The molecule has 16 heavy (non-hydrogen) atoms. The van der Waals surface area contributed by atoms with Crippen molar-refractivity contribution in [1.29, 1.82) is 0 Å². The molecule has 4 heteroatoms. The average molecular weight is 241 g/mol. The minimum Gasteiger partial charge on any atom is -0.310 e. The van der Waals surface area contributed by atoms with Crippen molar-refractivity contribution in [2.24, 2.45) is 0 Å². The van der Waals surface area contributed by atoms with Gasteiger partial charge in [0.2, 0.25) is 0 Å². The zero-order valence-electron chi connectivity index (χ0n) is 10.8. The third kappa shape index (κ3) is 4.58. The Morgan fingerprint density at radius 3 is 2.88 bits per heavy atom. The van der Waals surface area contributed by atoms with Crippen LogP contribution >= 0.6 is 11.8 Å². The maximum Gasteiger partial charge on any atom is 0.0638 e. The molecule has 0 saturated carbocycles. The van der Waals surface area contributed by atoms with Gasteiger partial charge in [0.05, 0.1) is 5.69 Å². The van der Waals surface area contributed by atoms with Gasteiger partial charge in [-0.1, -0.05) is 13.8 Å². The van der Waals surface area contributed by atoms with Crippen molar-refractivity contribution in [1.82, 2.24) is 15.1 Å². The van der Waals surface area contributed by atoms with E-state index in [0.717, 1.165) is 18.8 Å². The van der Waals surface area contributed by atoms with E-state index in [1.54, 1.807) is 0 Å². The highest BCUT2D eigenvalue weighted by Gasteiger charge is 2.04. The van der Waals surface area contributed by atoms with Crippen LogP contribution in [0.3, 0.4) is 0 Å². The lowest BCUT2D eigenvalue weighted by molar-refractivity contribution is 0.584. The second kappa shape index (κ2) is 6.97. The largest absolute Gasteiger partial charge is 0.310 e. The number of aromatic nitrogens is 2. The molecule has 0 unspecified atom stereocenters. The standard InChI is InChI=1S/C12H23N3S/c1-10(2)13-8-12-9-15(14-11(12)3)6-5-7-16-4/h9-10,13H,5-8H2,1-4H3. The Kier molecular flexibility index (Phi) is 5.91. The van der Waals surface area contributed by atoms with Crippen LogP contribution in [0.25, 0.3) is 0 Å². The van der Waals surface area contributed by atoms with Crippen molar-refractivity contribution in [3.8, 4) is 0 Å². The molecule has 1 aromatic heterocycles. The van der Waals surface area contributed by atoms with E-state index in [1.807, 2.05) is 11.8 Å². The van der Waals surface area contributed by atoms with Crippen molar-refractivity contribution in [2.45, 2.75) is 46.3 Å². The summed E-state index contributed by atoms with van der Waals surface area (Å²) in [5, 5.41) is 7.95. The molecule has 0 radical (unpaired) electrons. The fraction of sp³-hybridized carbons (Fsp3) is 0.750. The van der Waals surface area contributed by atoms with Crippen molar-refractivity contribution < 1.29 is 0 Å². The second-order valence-corrected chi connectivity index (χ2v) is 5.37. The number of hydrogen-bond acceptors (Lipinski definition) is 3. The molecule has 0 amide bonds. The van der Waals surface area contributed by atoms with Gasteiger partial charge >= 0.3 is 0 Å². The Morgan fingerprint density at radius 2 is 2.25 bits per heavy atom. The highest BCUT2D eigenvalue weighted by molar-refractivity contribution is 7.98. The van der Waals surface area contributed by atoms with E-state index in [9.17, 15) is 0 Å². The summed E-state index contributed by atoms with van der Waals surface area (Å²) in [5.41, 5.74) is 2.47. The van der Waals surface area contributed by atoms with Crippen LogP contribution in [0.4, 0.5) is 0 Å². The predicted molar refractivity (Wildman–Crippen MR) is 71.9 cm³/mol. The first-order valence-electron chi connectivity index (χ1n) is 5.88. The van der Waals surface area contributed by atoms with Crippen molar-refractivity contribution >= 4 is 11.8 Å². The quantitative estimate of drug-likeness (QED) is 0.744. The molecule has 0 fully saturated rings. The highest BCUT2D eigenvalue weighted by atomic mass is 32.2. The SMILES string of the molecule is CSCCCn1cc(CNC(C)C)c(C)n1. The van der Waals surface area contributed by atoms with Gasteiger partial charge in [0, 0.05) is 30.9 Å². The Bertz CT molecular complexity index is 307. The van der Waals surface area contributed by atoms with E-state index >= 15 is 0 Å². The van der Waals surface area contributed by atoms with Gasteiger partial charge in [-0.05, 0) is 25.4 Å². The van der Waals surface area contributed by atoms with E-state index in [0.29, 0.717) is 6.04 Å². The van der Waals surface area contributed by atoms with Gasteiger partial charge in [0.1, 0.15) is 0 Å². The molecule has 1 heterocycles. The summed E-state index contributed by atoms with van der Waals surface area (Å²) < 4.78 is 2.07. The zero-order chi connectivity index (χ0) is 12.0. The normalized spacial score (nSPS) is 11.3. The number of rotatable bonds is 7. The van der Waals surface area contributed by atoms with Crippen LogP contribution in [-0.2, 0) is 13.1 Å². The zero-order valence-corrected chi connectivity index (χ0v) is 11.6. The first kappa shape index (κ1) is 13.6. The van der Waals surface area contributed by atoms with E-state index < -0.39 is 0 Å². The average Bonchev–Trinajstić information content (AvgIpc) is 2.57. The summed E-state index contributed by atoms with van der Waals surface area (Å²) in [5.74, 6) is 1.21. The van der Waals surface area contributed by atoms with Crippen molar-refractivity contribution in [3.05, 3.63) is 17.5 Å². The first-order chi connectivity index (χ1) is 7.63. The van der Waals surface area contributed by atoms with Gasteiger partial charge in [0.25, 0.3) is 0 Å². The van der Waals surface area contributed by atoms with Crippen LogP contribution < -0.4 is 5.32 Å². The smallest absolute Gasteiger partial charge is 0.0638 e. The lowest BCUT2D eigenvalue weighted by Crippen LogP contribution is -2.21. The summed E-state index contributed by atoms with van der Waals surface area (Å²) in [6.45, 7) is 8.37. The van der Waals surface area contributed by atoms with Crippen LogP contribution in [0.5, 0.6) is 0 Å². The molecule has 0 bridgehead atoms. The first-order valence-corrected chi connectivity index (χ1v) is 7.28. The molecule has 3 nitrogen and oxygen atoms in total. The lowest BCUT2D eigenvalue weighted by Gasteiger charge is -2.06. The third-order valence-electron chi connectivity index (χ3n) is 2.48.